The van der Waals surface area contributed by atoms with Crippen LogP contribution in [0.2, 0.25) is 0 Å². The number of amides is 6. The molecule has 1 aromatic heterocycles. The van der Waals surface area contributed by atoms with Gasteiger partial charge in [0.25, 0.3) is 0 Å². The number of carbonyl (C=O) groups is 6. The van der Waals surface area contributed by atoms with Crippen molar-refractivity contribution in [1.29, 1.82) is 0 Å². The average Bonchev–Trinajstić information content (AvgIpc) is 3.75. The predicted octanol–water partition coefficient (Wildman–Crippen LogP) is 2.33. The Morgan fingerprint density at radius 3 is 2.38 bits per heavy atom. The molecular weight excluding hydrogens is 683 g/mol. The van der Waals surface area contributed by atoms with E-state index in [1.54, 1.807) is 45.0 Å². The van der Waals surface area contributed by atoms with Gasteiger partial charge in [-0.2, -0.15) is 11.8 Å². The van der Waals surface area contributed by atoms with E-state index in [4.69, 9.17) is 0 Å². The summed E-state index contributed by atoms with van der Waals surface area (Å²) in [5, 5.41) is 15.4. The van der Waals surface area contributed by atoms with E-state index in [-0.39, 0.29) is 37.6 Å². The Bertz CT molecular complexity index is 1760. The highest BCUT2D eigenvalue weighted by Crippen LogP contribution is 2.24. The highest BCUT2D eigenvalue weighted by molar-refractivity contribution is 7.98. The smallest absolute Gasteiger partial charge is 0.246 e. The van der Waals surface area contributed by atoms with Crippen LogP contribution < -0.4 is 26.6 Å². The molecule has 3 aromatic rings. The van der Waals surface area contributed by atoms with Gasteiger partial charge in [-0.15, -0.1) is 0 Å². The third-order valence-corrected chi connectivity index (χ3v) is 10.3. The molecule has 6 amide bonds. The van der Waals surface area contributed by atoms with Crippen molar-refractivity contribution in [2.75, 3.05) is 18.6 Å². The molecule has 13 nitrogen and oxygen atoms in total. The number of carbonyl (C=O) groups excluding carboxylic acids is 6. The molecule has 278 valence electrons. The minimum absolute atomic E-state index is 0.0398. The predicted molar refractivity (Wildman–Crippen MR) is 200 cm³/mol. The number of benzene rings is 2. The van der Waals surface area contributed by atoms with Crippen LogP contribution in [0, 0.1) is 5.92 Å². The van der Waals surface area contributed by atoms with E-state index in [0.717, 1.165) is 16.5 Å². The van der Waals surface area contributed by atoms with Crippen LogP contribution in [0.15, 0.2) is 60.8 Å². The Hall–Kier alpha value is -4.85. The van der Waals surface area contributed by atoms with Gasteiger partial charge in [0.05, 0.1) is 12.5 Å². The number of hydrogen-bond acceptors (Lipinski definition) is 7. The number of rotatable bonds is 9. The van der Waals surface area contributed by atoms with Crippen molar-refractivity contribution in [3.05, 3.63) is 71.9 Å². The summed E-state index contributed by atoms with van der Waals surface area (Å²) in [6, 6.07) is 11.6. The SMILES string of the molecule is CSCC[C@@H]1NC(=O)C[C@@H](c2ccccc2)NC(=O)[C@H](C)NC(=O)[C@@H]2C[C@H](NC(=O)CCc3c[nH]c4ccccc34)CN2C(=O)[C@H](C(C)C)NC1=O. The quantitative estimate of drug-likeness (QED) is 0.195. The fourth-order valence-corrected chi connectivity index (χ4v) is 7.29. The molecule has 0 aliphatic carbocycles. The van der Waals surface area contributed by atoms with Gasteiger partial charge in [0.15, 0.2) is 0 Å². The second-order valence-electron chi connectivity index (χ2n) is 13.9. The molecule has 6 N–H and O–H groups in total. The third-order valence-electron chi connectivity index (χ3n) is 9.70. The first-order valence-corrected chi connectivity index (χ1v) is 19.2. The molecule has 3 heterocycles. The summed E-state index contributed by atoms with van der Waals surface area (Å²) < 4.78 is 0. The summed E-state index contributed by atoms with van der Waals surface area (Å²) in [5.41, 5.74) is 2.69. The van der Waals surface area contributed by atoms with E-state index in [0.29, 0.717) is 24.2 Å². The van der Waals surface area contributed by atoms with Crippen LogP contribution in [0.1, 0.15) is 63.6 Å². The lowest BCUT2D eigenvalue weighted by molar-refractivity contribution is -0.143. The lowest BCUT2D eigenvalue weighted by atomic mass is 10.0. The van der Waals surface area contributed by atoms with E-state index < -0.39 is 65.8 Å². The molecule has 0 spiro atoms. The third kappa shape index (κ3) is 9.52. The molecule has 2 saturated heterocycles. The van der Waals surface area contributed by atoms with Gasteiger partial charge in [-0.25, -0.2) is 0 Å². The minimum Gasteiger partial charge on any atom is -0.361 e. The first kappa shape index (κ1) is 38.4. The second-order valence-corrected chi connectivity index (χ2v) is 14.9. The molecule has 14 heteroatoms. The normalized spacial score (nSPS) is 24.9. The van der Waals surface area contributed by atoms with Crippen molar-refractivity contribution in [3.8, 4) is 0 Å². The van der Waals surface area contributed by atoms with E-state index in [1.807, 2.05) is 42.8 Å². The first-order chi connectivity index (χ1) is 24.9. The maximum absolute atomic E-state index is 14.3. The number of nitrogens with one attached hydrogen (secondary N) is 6. The Labute approximate surface area is 308 Å². The minimum atomic E-state index is -1.02. The summed E-state index contributed by atoms with van der Waals surface area (Å²) in [5.74, 6) is -2.54. The van der Waals surface area contributed by atoms with Crippen molar-refractivity contribution in [2.45, 2.75) is 89.1 Å². The molecule has 2 aliphatic rings. The molecule has 5 rings (SSSR count). The number of H-pyrrole nitrogens is 1. The van der Waals surface area contributed by atoms with E-state index in [2.05, 4.69) is 31.6 Å². The van der Waals surface area contributed by atoms with Gasteiger partial charge in [0, 0.05) is 36.1 Å². The average molecular weight is 732 g/mol. The summed E-state index contributed by atoms with van der Waals surface area (Å²) in [4.78, 5) is 86.7. The van der Waals surface area contributed by atoms with Crippen LogP contribution in [0.5, 0.6) is 0 Å². The molecule has 6 atom stereocenters. The fourth-order valence-electron chi connectivity index (χ4n) is 6.82. The Morgan fingerprint density at radius 1 is 0.923 bits per heavy atom. The number of aryl methyl sites for hydroxylation is 1. The fraction of sp³-hybridized carbons (Fsp3) is 0.474. The van der Waals surface area contributed by atoms with Crippen molar-refractivity contribution in [1.82, 2.24) is 36.5 Å². The van der Waals surface area contributed by atoms with Gasteiger partial charge < -0.3 is 36.5 Å². The number of nitrogens with zero attached hydrogens (tertiary/aromatic N) is 1. The zero-order valence-corrected chi connectivity index (χ0v) is 30.9. The molecule has 0 saturated carbocycles. The molecule has 0 unspecified atom stereocenters. The standard InChI is InChI=1S/C38H49N7O6S/c1-22(2)34-38(51)45-21-26(41-32(46)15-14-25-20-39-28-13-9-8-12-27(25)28)18-31(45)37(50)40-23(3)35(48)43-30(24-10-6-5-7-11-24)19-33(47)42-29(16-17-52-4)36(49)44-34/h5-13,20,22-23,26,29-31,34,39H,14-19,21H2,1-4H3,(H,40,50)(H,41,46)(H,42,47)(H,43,48)(H,44,49)/t23-,26-,29-,30-,31-,34-/m0/s1. The van der Waals surface area contributed by atoms with Crippen LogP contribution in [0.4, 0.5) is 0 Å². The molecular formula is C38H49N7O6S. The topological polar surface area (TPSA) is 182 Å². The van der Waals surface area contributed by atoms with Gasteiger partial charge in [-0.1, -0.05) is 62.4 Å². The van der Waals surface area contributed by atoms with Gasteiger partial charge in [-0.05, 0) is 61.3 Å². The number of thioether (sulfide) groups is 1. The number of para-hydroxylation sites is 1. The highest BCUT2D eigenvalue weighted by Gasteiger charge is 2.44. The highest BCUT2D eigenvalue weighted by atomic mass is 32.2. The molecule has 0 radical (unpaired) electrons. The lowest BCUT2D eigenvalue weighted by Crippen LogP contribution is -2.59. The molecule has 2 aliphatic heterocycles. The Kier molecular flexibility index (Phi) is 13.0. The summed E-state index contributed by atoms with van der Waals surface area (Å²) >= 11 is 1.52. The molecule has 2 aromatic carbocycles. The van der Waals surface area contributed by atoms with Gasteiger partial charge >= 0.3 is 0 Å². The number of aromatic nitrogens is 1. The molecule has 0 bridgehead atoms. The zero-order chi connectivity index (χ0) is 37.4. The van der Waals surface area contributed by atoms with Crippen LogP contribution in [0.25, 0.3) is 10.9 Å². The van der Waals surface area contributed by atoms with Gasteiger partial charge in [0.2, 0.25) is 35.4 Å². The number of aromatic amines is 1. The van der Waals surface area contributed by atoms with Crippen LogP contribution in [0.3, 0.4) is 0 Å². The van der Waals surface area contributed by atoms with Crippen LogP contribution in [-0.2, 0) is 35.2 Å². The maximum Gasteiger partial charge on any atom is 0.246 e. The summed E-state index contributed by atoms with van der Waals surface area (Å²) in [6.45, 7) is 5.17. The van der Waals surface area contributed by atoms with Crippen molar-refractivity contribution >= 4 is 58.1 Å². The number of hydrogen-bond donors (Lipinski definition) is 6. The Morgan fingerprint density at radius 2 is 1.65 bits per heavy atom. The second kappa shape index (κ2) is 17.6. The summed E-state index contributed by atoms with van der Waals surface area (Å²) in [6.07, 6.45) is 4.79. The van der Waals surface area contributed by atoms with Gasteiger partial charge in [0.1, 0.15) is 24.2 Å². The van der Waals surface area contributed by atoms with Crippen molar-refractivity contribution in [2.24, 2.45) is 5.92 Å². The van der Waals surface area contributed by atoms with Crippen molar-refractivity contribution in [3.63, 3.8) is 0 Å². The maximum atomic E-state index is 14.3. The largest absolute Gasteiger partial charge is 0.361 e. The first-order valence-electron chi connectivity index (χ1n) is 17.8. The van der Waals surface area contributed by atoms with Crippen LogP contribution >= 0.6 is 11.8 Å². The number of fused-ring (bicyclic) bond motifs is 2. The zero-order valence-electron chi connectivity index (χ0n) is 30.1. The molecule has 52 heavy (non-hydrogen) atoms. The lowest BCUT2D eigenvalue weighted by Gasteiger charge is -2.32. The van der Waals surface area contributed by atoms with Gasteiger partial charge in [-0.3, -0.25) is 28.8 Å². The monoisotopic (exact) mass is 731 g/mol. The van der Waals surface area contributed by atoms with E-state index in [9.17, 15) is 28.8 Å². The van der Waals surface area contributed by atoms with Crippen LogP contribution in [-0.4, -0.2) is 94.1 Å². The molecule has 2 fully saturated rings. The summed E-state index contributed by atoms with van der Waals surface area (Å²) in [7, 11) is 0. The Balaban J connectivity index is 1.39. The van der Waals surface area contributed by atoms with E-state index in [1.165, 1.54) is 16.7 Å². The van der Waals surface area contributed by atoms with E-state index >= 15 is 0 Å². The van der Waals surface area contributed by atoms with Crippen molar-refractivity contribution < 1.29 is 28.8 Å².